The van der Waals surface area contributed by atoms with Crippen LogP contribution in [0.2, 0.25) is 5.02 Å². The SMILES string of the molecule is Clc1ccc(Nc2ncncc2Br)c2ncccc12. The van der Waals surface area contributed by atoms with Gasteiger partial charge in [0.25, 0.3) is 0 Å². The van der Waals surface area contributed by atoms with Crippen molar-refractivity contribution in [2.75, 3.05) is 5.32 Å². The van der Waals surface area contributed by atoms with Gasteiger partial charge in [-0.25, -0.2) is 9.97 Å². The second-order valence-corrected chi connectivity index (χ2v) is 5.10. The normalized spacial score (nSPS) is 10.6. The maximum Gasteiger partial charge on any atom is 0.148 e. The van der Waals surface area contributed by atoms with Gasteiger partial charge in [0.15, 0.2) is 0 Å². The number of benzene rings is 1. The minimum absolute atomic E-state index is 0.676. The first-order valence-electron chi connectivity index (χ1n) is 5.51. The number of nitrogens with zero attached hydrogens (tertiary/aromatic N) is 3. The molecule has 0 bridgehead atoms. The number of hydrogen-bond donors (Lipinski definition) is 1. The van der Waals surface area contributed by atoms with Gasteiger partial charge in [-0.2, -0.15) is 0 Å². The maximum atomic E-state index is 6.16. The summed E-state index contributed by atoms with van der Waals surface area (Å²) in [7, 11) is 0. The summed E-state index contributed by atoms with van der Waals surface area (Å²) in [5.41, 5.74) is 1.65. The molecule has 6 heteroatoms. The van der Waals surface area contributed by atoms with Gasteiger partial charge in [0, 0.05) is 17.8 Å². The largest absolute Gasteiger partial charge is 0.337 e. The molecule has 2 heterocycles. The molecule has 0 fully saturated rings. The fourth-order valence-corrected chi connectivity index (χ4v) is 2.31. The Bertz CT molecular complexity index is 748. The molecule has 0 radical (unpaired) electrons. The van der Waals surface area contributed by atoms with E-state index in [1.165, 1.54) is 6.33 Å². The van der Waals surface area contributed by atoms with Gasteiger partial charge in [-0.3, -0.25) is 4.98 Å². The predicted octanol–water partition coefficient (Wildman–Crippen LogP) is 4.18. The monoisotopic (exact) mass is 334 g/mol. The van der Waals surface area contributed by atoms with Crippen LogP contribution in [-0.2, 0) is 0 Å². The third kappa shape index (κ3) is 2.39. The summed E-state index contributed by atoms with van der Waals surface area (Å²) < 4.78 is 0.786. The zero-order valence-corrected chi connectivity index (χ0v) is 12.0. The second-order valence-electron chi connectivity index (χ2n) is 3.84. The average molecular weight is 336 g/mol. The minimum Gasteiger partial charge on any atom is -0.337 e. The van der Waals surface area contributed by atoms with E-state index in [4.69, 9.17) is 11.6 Å². The van der Waals surface area contributed by atoms with E-state index in [0.717, 1.165) is 21.1 Å². The van der Waals surface area contributed by atoms with Gasteiger partial charge in [-0.15, -0.1) is 0 Å². The van der Waals surface area contributed by atoms with E-state index in [-0.39, 0.29) is 0 Å². The molecule has 0 aliphatic heterocycles. The van der Waals surface area contributed by atoms with Crippen molar-refractivity contribution >= 4 is 49.9 Å². The summed E-state index contributed by atoms with van der Waals surface area (Å²) in [6.45, 7) is 0. The van der Waals surface area contributed by atoms with Gasteiger partial charge in [0.2, 0.25) is 0 Å². The number of rotatable bonds is 2. The van der Waals surface area contributed by atoms with Crippen molar-refractivity contribution in [3.63, 3.8) is 0 Å². The standard InChI is InChI=1S/C13H8BrClN4/c14-9-6-16-7-18-13(9)19-11-4-3-10(15)8-2-1-5-17-12(8)11/h1-7H,(H,16,18,19). The molecule has 4 nitrogen and oxygen atoms in total. The lowest BCUT2D eigenvalue weighted by molar-refractivity contribution is 1.15. The number of pyridine rings is 1. The lowest BCUT2D eigenvalue weighted by atomic mass is 10.2. The molecule has 0 amide bonds. The first-order valence-corrected chi connectivity index (χ1v) is 6.68. The lowest BCUT2D eigenvalue weighted by Gasteiger charge is -2.10. The molecular weight excluding hydrogens is 328 g/mol. The van der Waals surface area contributed by atoms with Gasteiger partial charge >= 0.3 is 0 Å². The molecule has 3 rings (SSSR count). The highest BCUT2D eigenvalue weighted by atomic mass is 79.9. The molecule has 1 aromatic carbocycles. The van der Waals surface area contributed by atoms with Crippen LogP contribution in [0.4, 0.5) is 11.5 Å². The highest BCUT2D eigenvalue weighted by Gasteiger charge is 2.08. The zero-order valence-electron chi connectivity index (χ0n) is 9.64. The smallest absolute Gasteiger partial charge is 0.148 e. The van der Waals surface area contributed by atoms with Crippen LogP contribution in [0.1, 0.15) is 0 Å². The van der Waals surface area contributed by atoms with Gasteiger partial charge in [-0.1, -0.05) is 11.6 Å². The molecule has 0 saturated carbocycles. The van der Waals surface area contributed by atoms with E-state index in [2.05, 4.69) is 36.2 Å². The third-order valence-electron chi connectivity index (χ3n) is 2.64. The highest BCUT2D eigenvalue weighted by molar-refractivity contribution is 9.10. The van der Waals surface area contributed by atoms with Crippen molar-refractivity contribution in [3.8, 4) is 0 Å². The Labute approximate surface area is 123 Å². The van der Waals surface area contributed by atoms with Gasteiger partial charge < -0.3 is 5.32 Å². The Morgan fingerprint density at radius 3 is 2.89 bits per heavy atom. The minimum atomic E-state index is 0.676. The van der Waals surface area contributed by atoms with Gasteiger partial charge in [0.05, 0.1) is 20.7 Å². The van der Waals surface area contributed by atoms with Crippen molar-refractivity contribution in [1.82, 2.24) is 15.0 Å². The van der Waals surface area contributed by atoms with Crippen LogP contribution >= 0.6 is 27.5 Å². The van der Waals surface area contributed by atoms with E-state index in [1.54, 1.807) is 12.4 Å². The van der Waals surface area contributed by atoms with Crippen molar-refractivity contribution in [3.05, 3.63) is 52.5 Å². The fourth-order valence-electron chi connectivity index (χ4n) is 1.77. The van der Waals surface area contributed by atoms with Crippen LogP contribution in [0, 0.1) is 0 Å². The number of halogens is 2. The van der Waals surface area contributed by atoms with Crippen molar-refractivity contribution in [2.45, 2.75) is 0 Å². The summed E-state index contributed by atoms with van der Waals surface area (Å²) in [5.74, 6) is 0.685. The number of hydrogen-bond acceptors (Lipinski definition) is 4. The van der Waals surface area contributed by atoms with Crippen LogP contribution in [0.15, 0.2) is 47.5 Å². The number of fused-ring (bicyclic) bond motifs is 1. The Balaban J connectivity index is 2.12. The Morgan fingerprint density at radius 2 is 2.05 bits per heavy atom. The van der Waals surface area contributed by atoms with E-state index in [0.29, 0.717) is 10.8 Å². The summed E-state index contributed by atoms with van der Waals surface area (Å²) in [5, 5.41) is 4.80. The van der Waals surface area contributed by atoms with Gasteiger partial charge in [0.1, 0.15) is 12.1 Å². The summed E-state index contributed by atoms with van der Waals surface area (Å²) >= 11 is 9.56. The molecule has 0 aliphatic rings. The molecule has 0 unspecified atom stereocenters. The summed E-state index contributed by atoms with van der Waals surface area (Å²) in [6.07, 6.45) is 4.90. The van der Waals surface area contributed by atoms with Crippen LogP contribution in [0.25, 0.3) is 10.9 Å². The topological polar surface area (TPSA) is 50.7 Å². The van der Waals surface area contributed by atoms with Crippen LogP contribution < -0.4 is 5.32 Å². The number of nitrogens with one attached hydrogen (secondary N) is 1. The molecule has 3 aromatic rings. The quantitative estimate of drug-likeness (QED) is 0.763. The molecule has 0 spiro atoms. The average Bonchev–Trinajstić information content (AvgIpc) is 2.44. The van der Waals surface area contributed by atoms with Crippen LogP contribution in [0.3, 0.4) is 0 Å². The maximum absolute atomic E-state index is 6.16. The van der Waals surface area contributed by atoms with Crippen molar-refractivity contribution < 1.29 is 0 Å². The zero-order chi connectivity index (χ0) is 13.2. The second kappa shape index (κ2) is 5.11. The van der Waals surface area contributed by atoms with Crippen molar-refractivity contribution in [1.29, 1.82) is 0 Å². The first-order chi connectivity index (χ1) is 9.25. The van der Waals surface area contributed by atoms with E-state index in [9.17, 15) is 0 Å². The predicted molar refractivity (Wildman–Crippen MR) is 79.8 cm³/mol. The van der Waals surface area contributed by atoms with E-state index in [1.807, 2.05) is 24.3 Å². The molecule has 19 heavy (non-hydrogen) atoms. The molecule has 0 atom stereocenters. The first kappa shape index (κ1) is 12.3. The Morgan fingerprint density at radius 1 is 1.16 bits per heavy atom. The van der Waals surface area contributed by atoms with Crippen molar-refractivity contribution in [2.24, 2.45) is 0 Å². The molecule has 2 aromatic heterocycles. The summed E-state index contributed by atoms with van der Waals surface area (Å²) in [4.78, 5) is 12.5. The van der Waals surface area contributed by atoms with Crippen LogP contribution in [-0.4, -0.2) is 15.0 Å². The molecule has 94 valence electrons. The molecular formula is C13H8BrClN4. The molecule has 0 saturated heterocycles. The molecule has 1 N–H and O–H groups in total. The Hall–Kier alpha value is -1.72. The van der Waals surface area contributed by atoms with Gasteiger partial charge in [-0.05, 0) is 40.2 Å². The number of anilines is 2. The fraction of sp³-hybridized carbons (Fsp3) is 0. The Kier molecular flexibility index (Phi) is 3.31. The van der Waals surface area contributed by atoms with E-state index >= 15 is 0 Å². The highest BCUT2D eigenvalue weighted by Crippen LogP contribution is 2.31. The third-order valence-corrected chi connectivity index (χ3v) is 3.55. The molecule has 0 aliphatic carbocycles. The lowest BCUT2D eigenvalue weighted by Crippen LogP contribution is -1.97. The summed E-state index contributed by atoms with van der Waals surface area (Å²) in [6, 6.07) is 7.51. The van der Waals surface area contributed by atoms with Crippen LogP contribution in [0.5, 0.6) is 0 Å². The number of aromatic nitrogens is 3. The van der Waals surface area contributed by atoms with E-state index < -0.39 is 0 Å².